The lowest BCUT2D eigenvalue weighted by Gasteiger charge is -2.16. The van der Waals surface area contributed by atoms with Crippen LogP contribution in [0.2, 0.25) is 0 Å². The lowest BCUT2D eigenvalue weighted by molar-refractivity contribution is 1.07. The van der Waals surface area contributed by atoms with Crippen molar-refractivity contribution in [1.29, 1.82) is 0 Å². The molecule has 3 nitrogen and oxygen atoms in total. The third kappa shape index (κ3) is 4.87. The van der Waals surface area contributed by atoms with Crippen molar-refractivity contribution in [2.24, 2.45) is 0 Å². The molecule has 0 saturated carbocycles. The first-order valence-corrected chi connectivity index (χ1v) is 16.5. The smallest absolute Gasteiger partial charge is 0.164 e. The molecular weight excluding hydrogens is 591 g/mol. The monoisotopic (exact) mass is 617 g/mol. The summed E-state index contributed by atoms with van der Waals surface area (Å²) >= 11 is 1.86. The van der Waals surface area contributed by atoms with Crippen LogP contribution in [0.4, 0.5) is 0 Å². The molecule has 220 valence electrons. The van der Waals surface area contributed by atoms with Crippen LogP contribution in [0.15, 0.2) is 164 Å². The normalized spacial score (nSPS) is 11.4. The van der Waals surface area contributed by atoms with E-state index in [0.29, 0.717) is 17.5 Å². The summed E-state index contributed by atoms with van der Waals surface area (Å²) in [6.07, 6.45) is 0. The second-order valence-corrected chi connectivity index (χ2v) is 12.7. The maximum absolute atomic E-state index is 5.10. The highest BCUT2D eigenvalue weighted by atomic mass is 32.1. The molecule has 0 atom stereocenters. The average molecular weight is 618 g/mol. The molecule has 0 fully saturated rings. The minimum atomic E-state index is 0.646. The van der Waals surface area contributed by atoms with Gasteiger partial charge in [0.15, 0.2) is 17.5 Å². The van der Waals surface area contributed by atoms with Crippen LogP contribution in [0.3, 0.4) is 0 Å². The molecule has 4 heteroatoms. The number of rotatable bonds is 5. The summed E-state index contributed by atoms with van der Waals surface area (Å²) in [4.78, 5) is 15.1. The van der Waals surface area contributed by atoms with Gasteiger partial charge >= 0.3 is 0 Å². The van der Waals surface area contributed by atoms with Gasteiger partial charge in [-0.05, 0) is 57.3 Å². The Bertz CT molecular complexity index is 2500. The molecule has 0 bridgehead atoms. The van der Waals surface area contributed by atoms with Gasteiger partial charge in [-0.25, -0.2) is 15.0 Å². The third-order valence-corrected chi connectivity index (χ3v) is 9.84. The summed E-state index contributed by atoms with van der Waals surface area (Å²) in [7, 11) is 0. The SMILES string of the molecule is c1ccc(-c2nc(-c3ccccc3)nc(-c3ccc(-c4c5ccccc5cc5sc6ccccc6c45)cc3-c3ccccc3)n2)cc1. The van der Waals surface area contributed by atoms with E-state index in [-0.39, 0.29) is 0 Å². The molecule has 2 aromatic heterocycles. The average Bonchev–Trinajstić information content (AvgIpc) is 3.52. The van der Waals surface area contributed by atoms with E-state index in [0.717, 1.165) is 27.8 Å². The molecule has 47 heavy (non-hydrogen) atoms. The zero-order valence-corrected chi connectivity index (χ0v) is 26.2. The molecule has 0 saturated heterocycles. The highest BCUT2D eigenvalue weighted by Gasteiger charge is 2.20. The second kappa shape index (κ2) is 11.4. The number of hydrogen-bond acceptors (Lipinski definition) is 4. The predicted molar refractivity (Wildman–Crippen MR) is 197 cm³/mol. The first-order chi connectivity index (χ1) is 23.3. The van der Waals surface area contributed by atoms with E-state index in [2.05, 4.69) is 103 Å². The molecule has 9 aromatic rings. The van der Waals surface area contributed by atoms with E-state index >= 15 is 0 Å². The number of hydrogen-bond donors (Lipinski definition) is 0. The highest BCUT2D eigenvalue weighted by molar-refractivity contribution is 7.26. The highest BCUT2D eigenvalue weighted by Crippen LogP contribution is 2.46. The number of thiophene rings is 1. The van der Waals surface area contributed by atoms with Crippen LogP contribution >= 0.6 is 11.3 Å². The molecule has 9 rings (SSSR count). The molecule has 0 radical (unpaired) electrons. The van der Waals surface area contributed by atoms with E-state index in [1.807, 2.05) is 72.0 Å². The predicted octanol–water partition coefficient (Wildman–Crippen LogP) is 11.7. The zero-order chi connectivity index (χ0) is 31.2. The third-order valence-electron chi connectivity index (χ3n) is 8.72. The van der Waals surface area contributed by atoms with Gasteiger partial charge in [0, 0.05) is 36.9 Å². The molecule has 0 aliphatic carbocycles. The van der Waals surface area contributed by atoms with Crippen molar-refractivity contribution in [3.8, 4) is 56.4 Å². The second-order valence-electron chi connectivity index (χ2n) is 11.6. The number of aromatic nitrogens is 3. The van der Waals surface area contributed by atoms with Crippen LogP contribution in [-0.2, 0) is 0 Å². The molecule has 7 aromatic carbocycles. The lowest BCUT2D eigenvalue weighted by atomic mass is 9.89. The molecule has 0 spiro atoms. The fourth-order valence-electron chi connectivity index (χ4n) is 6.53. The van der Waals surface area contributed by atoms with Crippen molar-refractivity contribution in [2.75, 3.05) is 0 Å². The minimum Gasteiger partial charge on any atom is -0.208 e. The van der Waals surface area contributed by atoms with Crippen molar-refractivity contribution < 1.29 is 0 Å². The van der Waals surface area contributed by atoms with Gasteiger partial charge in [0.2, 0.25) is 0 Å². The Labute approximate surface area is 276 Å². The minimum absolute atomic E-state index is 0.646. The number of nitrogens with zero attached hydrogens (tertiary/aromatic N) is 3. The van der Waals surface area contributed by atoms with Crippen LogP contribution in [-0.4, -0.2) is 15.0 Å². The molecule has 0 N–H and O–H groups in total. The van der Waals surface area contributed by atoms with Crippen LogP contribution in [0.1, 0.15) is 0 Å². The molecular formula is C43H27N3S. The van der Waals surface area contributed by atoms with Crippen LogP contribution in [0, 0.1) is 0 Å². The molecule has 2 heterocycles. The van der Waals surface area contributed by atoms with Gasteiger partial charge < -0.3 is 0 Å². The van der Waals surface area contributed by atoms with Crippen molar-refractivity contribution in [1.82, 2.24) is 15.0 Å². The lowest BCUT2D eigenvalue weighted by Crippen LogP contribution is -2.01. The van der Waals surface area contributed by atoms with Gasteiger partial charge in [0.25, 0.3) is 0 Å². The summed E-state index contributed by atoms with van der Waals surface area (Å²) in [5.41, 5.74) is 7.47. The van der Waals surface area contributed by atoms with Gasteiger partial charge in [-0.3, -0.25) is 0 Å². The zero-order valence-electron chi connectivity index (χ0n) is 25.3. The maximum atomic E-state index is 5.10. The summed E-state index contributed by atoms with van der Waals surface area (Å²) in [6, 6.07) is 57.4. The Morgan fingerprint density at radius 1 is 0.362 bits per heavy atom. The maximum Gasteiger partial charge on any atom is 0.164 e. The topological polar surface area (TPSA) is 38.7 Å². The Morgan fingerprint density at radius 3 is 1.60 bits per heavy atom. The van der Waals surface area contributed by atoms with Crippen molar-refractivity contribution in [2.45, 2.75) is 0 Å². The summed E-state index contributed by atoms with van der Waals surface area (Å²) in [5, 5.41) is 5.07. The van der Waals surface area contributed by atoms with Gasteiger partial charge in [0.05, 0.1) is 0 Å². The van der Waals surface area contributed by atoms with Crippen molar-refractivity contribution in [3.05, 3.63) is 164 Å². The molecule has 0 amide bonds. The fourth-order valence-corrected chi connectivity index (χ4v) is 7.69. The number of fused-ring (bicyclic) bond motifs is 4. The first-order valence-electron chi connectivity index (χ1n) is 15.7. The fraction of sp³-hybridized carbons (Fsp3) is 0. The molecule has 0 aliphatic heterocycles. The molecule has 0 aliphatic rings. The van der Waals surface area contributed by atoms with Gasteiger partial charge in [0.1, 0.15) is 0 Å². The van der Waals surface area contributed by atoms with Gasteiger partial charge in [-0.15, -0.1) is 11.3 Å². The standard InChI is InChI=1S/C43H27N3S/c1-4-14-28(15-5-1)36-26-32(39-33-21-11-10-20-31(33)27-38-40(39)35-22-12-13-23-37(35)47-38)24-25-34(36)43-45-41(29-16-6-2-7-17-29)44-42(46-43)30-18-8-3-9-19-30/h1-27H. The van der Waals surface area contributed by atoms with E-state index in [9.17, 15) is 0 Å². The van der Waals surface area contributed by atoms with E-state index in [1.165, 1.54) is 42.1 Å². The van der Waals surface area contributed by atoms with Crippen molar-refractivity contribution in [3.63, 3.8) is 0 Å². The Hall–Kier alpha value is -5.97. The Kier molecular flexibility index (Phi) is 6.65. The largest absolute Gasteiger partial charge is 0.208 e. The van der Waals surface area contributed by atoms with Gasteiger partial charge in [-0.1, -0.05) is 140 Å². The summed E-state index contributed by atoms with van der Waals surface area (Å²) in [6.45, 7) is 0. The first kappa shape index (κ1) is 27.3. The summed E-state index contributed by atoms with van der Waals surface area (Å²) < 4.78 is 2.59. The van der Waals surface area contributed by atoms with Crippen LogP contribution < -0.4 is 0 Å². The van der Waals surface area contributed by atoms with Crippen molar-refractivity contribution >= 4 is 42.3 Å². The van der Waals surface area contributed by atoms with E-state index in [4.69, 9.17) is 15.0 Å². The van der Waals surface area contributed by atoms with Crippen LogP contribution in [0.5, 0.6) is 0 Å². The van der Waals surface area contributed by atoms with Crippen LogP contribution in [0.25, 0.3) is 87.4 Å². The van der Waals surface area contributed by atoms with Gasteiger partial charge in [-0.2, -0.15) is 0 Å². The Balaban J connectivity index is 1.33. The Morgan fingerprint density at radius 2 is 0.915 bits per heavy atom. The number of benzene rings is 7. The van der Waals surface area contributed by atoms with E-state index in [1.54, 1.807) is 0 Å². The quantitative estimate of drug-likeness (QED) is 0.193. The molecule has 0 unspecified atom stereocenters. The van der Waals surface area contributed by atoms with E-state index < -0.39 is 0 Å². The summed E-state index contributed by atoms with van der Waals surface area (Å²) in [5.74, 6) is 1.95.